The monoisotopic (exact) mass is 293 g/mol. The Bertz CT molecular complexity index is 581. The summed E-state index contributed by atoms with van der Waals surface area (Å²) in [7, 11) is 1.42. The van der Waals surface area contributed by atoms with Crippen LogP contribution in [0.4, 0.5) is 0 Å². The number of esters is 1. The molecule has 2 aromatic heterocycles. The second-order valence-corrected chi connectivity index (χ2v) is 5.46. The number of methoxy groups -OCH3 is 1. The van der Waals surface area contributed by atoms with Crippen LogP contribution >= 0.6 is 11.3 Å². The third-order valence-corrected chi connectivity index (χ3v) is 4.11. The summed E-state index contributed by atoms with van der Waals surface area (Å²) in [6.45, 7) is 1.33. The fourth-order valence-corrected chi connectivity index (χ4v) is 3.05. The van der Waals surface area contributed by atoms with Crippen LogP contribution in [-0.4, -0.2) is 40.7 Å². The van der Waals surface area contributed by atoms with Crippen LogP contribution in [0.15, 0.2) is 21.3 Å². The van der Waals surface area contributed by atoms with Crippen LogP contribution < -0.4 is 0 Å². The summed E-state index contributed by atoms with van der Waals surface area (Å²) in [5.74, 6) is 0.928. The van der Waals surface area contributed by atoms with Crippen LogP contribution in [0.5, 0.6) is 0 Å². The van der Waals surface area contributed by atoms with Crippen molar-refractivity contribution in [1.29, 1.82) is 0 Å². The molecule has 1 saturated heterocycles. The number of ether oxygens (including phenoxy) is 1. The highest BCUT2D eigenvalue weighted by atomic mass is 32.1. The number of nitrogens with zero attached hydrogens (tertiary/aromatic N) is 3. The van der Waals surface area contributed by atoms with E-state index < -0.39 is 0 Å². The number of likely N-dealkylation sites (tertiary alicyclic amines) is 1. The maximum Gasteiger partial charge on any atom is 0.323 e. The molecule has 1 atom stereocenters. The molecule has 0 aromatic carbocycles. The number of hydrogen-bond acceptors (Lipinski definition) is 7. The van der Waals surface area contributed by atoms with Gasteiger partial charge >= 0.3 is 5.97 Å². The van der Waals surface area contributed by atoms with Crippen LogP contribution in [0, 0.1) is 0 Å². The molecule has 106 valence electrons. The minimum Gasteiger partial charge on any atom is -0.468 e. The van der Waals surface area contributed by atoms with Crippen molar-refractivity contribution in [3.8, 4) is 11.4 Å². The van der Waals surface area contributed by atoms with Crippen LogP contribution in [-0.2, 0) is 16.1 Å². The van der Waals surface area contributed by atoms with Gasteiger partial charge in [0.05, 0.1) is 13.7 Å². The zero-order chi connectivity index (χ0) is 13.9. The first-order valence-corrected chi connectivity index (χ1v) is 7.39. The van der Waals surface area contributed by atoms with Crippen molar-refractivity contribution in [2.45, 2.75) is 25.4 Å². The van der Waals surface area contributed by atoms with Gasteiger partial charge in [0.25, 0.3) is 0 Å². The van der Waals surface area contributed by atoms with Gasteiger partial charge in [-0.05, 0) is 30.8 Å². The average molecular weight is 293 g/mol. The molecule has 0 amide bonds. The Morgan fingerprint density at radius 1 is 1.65 bits per heavy atom. The molecular weight excluding hydrogens is 278 g/mol. The summed E-state index contributed by atoms with van der Waals surface area (Å²) in [6.07, 6.45) is 1.80. The lowest BCUT2D eigenvalue weighted by Gasteiger charge is -2.19. The van der Waals surface area contributed by atoms with Gasteiger partial charge in [0.15, 0.2) is 0 Å². The molecule has 20 heavy (non-hydrogen) atoms. The van der Waals surface area contributed by atoms with Gasteiger partial charge in [-0.25, -0.2) is 0 Å². The second kappa shape index (κ2) is 5.72. The average Bonchev–Trinajstić information content (AvgIpc) is 3.19. The first-order valence-electron chi connectivity index (χ1n) is 6.45. The van der Waals surface area contributed by atoms with Crippen molar-refractivity contribution >= 4 is 17.3 Å². The highest BCUT2D eigenvalue weighted by Crippen LogP contribution is 2.22. The molecular formula is C13H15N3O3S. The van der Waals surface area contributed by atoms with E-state index >= 15 is 0 Å². The maximum absolute atomic E-state index is 11.7. The molecule has 1 fully saturated rings. The van der Waals surface area contributed by atoms with Gasteiger partial charge in [0, 0.05) is 10.9 Å². The lowest BCUT2D eigenvalue weighted by molar-refractivity contribution is -0.146. The van der Waals surface area contributed by atoms with Gasteiger partial charge in [-0.2, -0.15) is 16.3 Å². The molecule has 6 nitrogen and oxygen atoms in total. The van der Waals surface area contributed by atoms with Gasteiger partial charge in [-0.3, -0.25) is 9.69 Å². The molecule has 0 aliphatic carbocycles. The number of rotatable bonds is 4. The Morgan fingerprint density at radius 3 is 3.30 bits per heavy atom. The molecule has 0 saturated carbocycles. The first-order chi connectivity index (χ1) is 9.78. The Hall–Kier alpha value is -1.73. The molecule has 1 aliphatic rings. The van der Waals surface area contributed by atoms with E-state index in [0.29, 0.717) is 18.3 Å². The Labute approximate surface area is 120 Å². The van der Waals surface area contributed by atoms with Crippen LogP contribution in [0.25, 0.3) is 11.4 Å². The van der Waals surface area contributed by atoms with E-state index in [9.17, 15) is 4.79 Å². The van der Waals surface area contributed by atoms with Crippen molar-refractivity contribution in [3.63, 3.8) is 0 Å². The van der Waals surface area contributed by atoms with Gasteiger partial charge in [-0.15, -0.1) is 0 Å². The van der Waals surface area contributed by atoms with Gasteiger partial charge in [-0.1, -0.05) is 5.16 Å². The molecule has 0 bridgehead atoms. The lowest BCUT2D eigenvalue weighted by atomic mass is 10.2. The van der Waals surface area contributed by atoms with Crippen LogP contribution in [0.3, 0.4) is 0 Å². The number of aromatic nitrogens is 2. The van der Waals surface area contributed by atoms with Crippen molar-refractivity contribution in [1.82, 2.24) is 15.0 Å². The standard InChI is InChI=1S/C13H15N3O3S/c1-18-13(17)10-3-2-5-16(10)7-11-14-12(15-19-11)9-4-6-20-8-9/h4,6,8,10H,2-3,5,7H2,1H3. The molecule has 3 heterocycles. The SMILES string of the molecule is COC(=O)C1CCCN1Cc1nc(-c2ccsc2)no1. The Kier molecular flexibility index (Phi) is 3.79. The van der Waals surface area contributed by atoms with E-state index in [1.54, 1.807) is 11.3 Å². The maximum atomic E-state index is 11.7. The molecule has 0 radical (unpaired) electrons. The topological polar surface area (TPSA) is 68.5 Å². The molecule has 3 rings (SSSR count). The van der Waals surface area contributed by atoms with E-state index in [-0.39, 0.29) is 12.0 Å². The second-order valence-electron chi connectivity index (χ2n) is 4.68. The Morgan fingerprint density at radius 2 is 2.55 bits per heavy atom. The summed E-state index contributed by atoms with van der Waals surface area (Å²) in [6, 6.07) is 1.75. The van der Waals surface area contributed by atoms with E-state index in [0.717, 1.165) is 24.9 Å². The van der Waals surface area contributed by atoms with E-state index in [1.807, 2.05) is 21.7 Å². The normalized spacial score (nSPS) is 19.4. The van der Waals surface area contributed by atoms with Gasteiger partial charge in [0.1, 0.15) is 6.04 Å². The fourth-order valence-electron chi connectivity index (χ4n) is 2.42. The lowest BCUT2D eigenvalue weighted by Crippen LogP contribution is -2.36. The molecule has 0 spiro atoms. The zero-order valence-corrected chi connectivity index (χ0v) is 11.9. The minimum atomic E-state index is -0.198. The summed E-state index contributed by atoms with van der Waals surface area (Å²) in [4.78, 5) is 18.1. The van der Waals surface area contributed by atoms with Gasteiger partial charge in [0.2, 0.25) is 11.7 Å². The van der Waals surface area contributed by atoms with Crippen LogP contribution in [0.2, 0.25) is 0 Å². The highest BCUT2D eigenvalue weighted by molar-refractivity contribution is 7.08. The minimum absolute atomic E-state index is 0.194. The third kappa shape index (κ3) is 2.59. The fraction of sp³-hybridized carbons (Fsp3) is 0.462. The molecule has 1 unspecified atom stereocenters. The number of thiophene rings is 1. The summed E-state index contributed by atoms with van der Waals surface area (Å²) in [5.41, 5.74) is 0.955. The van der Waals surface area contributed by atoms with E-state index in [2.05, 4.69) is 10.1 Å². The predicted molar refractivity (Wildman–Crippen MR) is 73.1 cm³/mol. The van der Waals surface area contributed by atoms with E-state index in [1.165, 1.54) is 7.11 Å². The molecule has 2 aromatic rings. The van der Waals surface area contributed by atoms with E-state index in [4.69, 9.17) is 9.26 Å². The zero-order valence-electron chi connectivity index (χ0n) is 11.1. The van der Waals surface area contributed by atoms with Crippen molar-refractivity contribution in [2.75, 3.05) is 13.7 Å². The number of hydrogen-bond donors (Lipinski definition) is 0. The van der Waals surface area contributed by atoms with Gasteiger partial charge < -0.3 is 9.26 Å². The third-order valence-electron chi connectivity index (χ3n) is 3.42. The predicted octanol–water partition coefficient (Wildman–Crippen LogP) is 1.94. The van der Waals surface area contributed by atoms with Crippen LogP contribution in [0.1, 0.15) is 18.7 Å². The quantitative estimate of drug-likeness (QED) is 0.802. The number of carbonyl (C=O) groups is 1. The summed E-state index contributed by atoms with van der Waals surface area (Å²) in [5, 5.41) is 7.91. The summed E-state index contributed by atoms with van der Waals surface area (Å²) < 4.78 is 10.1. The molecule has 7 heteroatoms. The number of carbonyl (C=O) groups excluding carboxylic acids is 1. The van der Waals surface area contributed by atoms with Crippen molar-refractivity contribution in [2.24, 2.45) is 0 Å². The molecule has 1 aliphatic heterocycles. The molecule has 0 N–H and O–H groups in total. The summed E-state index contributed by atoms with van der Waals surface area (Å²) >= 11 is 1.59. The largest absolute Gasteiger partial charge is 0.468 e. The Balaban J connectivity index is 1.70. The smallest absolute Gasteiger partial charge is 0.323 e. The highest BCUT2D eigenvalue weighted by Gasteiger charge is 2.32. The van der Waals surface area contributed by atoms with Crippen molar-refractivity contribution < 1.29 is 14.1 Å². The van der Waals surface area contributed by atoms with Crippen molar-refractivity contribution in [3.05, 3.63) is 22.7 Å². The first kappa shape index (κ1) is 13.3.